The Balaban J connectivity index is 1.72. The molecule has 1 aromatic carbocycles. The van der Waals surface area contributed by atoms with Crippen LogP contribution in [-0.2, 0) is 21.5 Å². The van der Waals surface area contributed by atoms with Gasteiger partial charge in [-0.2, -0.15) is 17.0 Å². The van der Waals surface area contributed by atoms with Gasteiger partial charge < -0.3 is 0 Å². The number of anilines is 2. The van der Waals surface area contributed by atoms with Gasteiger partial charge in [-0.15, -0.1) is 0 Å². The van der Waals surface area contributed by atoms with Gasteiger partial charge in [-0.3, -0.25) is 20.1 Å². The summed E-state index contributed by atoms with van der Waals surface area (Å²) >= 11 is 0. The average molecular weight is 465 g/mol. The van der Waals surface area contributed by atoms with Crippen LogP contribution in [0.4, 0.5) is 15.8 Å². The van der Waals surface area contributed by atoms with Crippen LogP contribution in [0.2, 0.25) is 0 Å². The molecule has 11 heteroatoms. The number of aryl methyl sites for hydroxylation is 1. The molecule has 1 saturated heterocycles. The van der Waals surface area contributed by atoms with Gasteiger partial charge in [-0.05, 0) is 32.0 Å². The lowest BCUT2D eigenvalue weighted by Gasteiger charge is -2.40. The number of amides is 1. The number of hydrazine groups is 1. The summed E-state index contributed by atoms with van der Waals surface area (Å²) in [4.78, 5) is 17.8. The summed E-state index contributed by atoms with van der Waals surface area (Å²) in [7, 11) is -0.458. The maximum atomic E-state index is 15.2. The van der Waals surface area contributed by atoms with Crippen molar-refractivity contribution in [2.45, 2.75) is 26.4 Å². The van der Waals surface area contributed by atoms with E-state index in [2.05, 4.69) is 10.4 Å². The van der Waals surface area contributed by atoms with E-state index in [0.29, 0.717) is 43.8 Å². The lowest BCUT2D eigenvalue weighted by atomic mass is 10.1. The van der Waals surface area contributed by atoms with Crippen molar-refractivity contribution in [1.29, 1.82) is 0 Å². The molecule has 0 unspecified atom stereocenters. The number of aromatic nitrogens is 1. The highest BCUT2D eigenvalue weighted by Gasteiger charge is 2.32. The van der Waals surface area contributed by atoms with E-state index in [0.717, 1.165) is 5.69 Å². The predicted molar refractivity (Wildman–Crippen MR) is 122 cm³/mol. The third kappa shape index (κ3) is 5.23. The van der Waals surface area contributed by atoms with E-state index in [-0.39, 0.29) is 11.7 Å². The Labute approximate surface area is 188 Å². The quantitative estimate of drug-likeness (QED) is 0.474. The van der Waals surface area contributed by atoms with Crippen LogP contribution in [0, 0.1) is 12.7 Å². The van der Waals surface area contributed by atoms with Crippen LogP contribution in [-0.4, -0.2) is 73.1 Å². The van der Waals surface area contributed by atoms with E-state index in [1.807, 2.05) is 18.7 Å². The molecule has 0 radical (unpaired) electrons. The third-order valence-electron chi connectivity index (χ3n) is 5.49. The molecule has 0 bridgehead atoms. The van der Waals surface area contributed by atoms with Crippen molar-refractivity contribution in [2.75, 3.05) is 44.2 Å². The van der Waals surface area contributed by atoms with Crippen LogP contribution < -0.4 is 10.4 Å². The molecule has 0 saturated carbocycles. The van der Waals surface area contributed by atoms with Gasteiger partial charge in [0.05, 0.1) is 17.6 Å². The van der Waals surface area contributed by atoms with Crippen LogP contribution >= 0.6 is 0 Å². The predicted octanol–water partition coefficient (Wildman–Crippen LogP) is 1.83. The van der Waals surface area contributed by atoms with Gasteiger partial charge >= 0.3 is 0 Å². The number of nitrogens with zero attached hydrogens (tertiary/aromatic N) is 5. The monoisotopic (exact) mass is 464 g/mol. The summed E-state index contributed by atoms with van der Waals surface area (Å²) in [5.74, 6) is -0.463. The number of rotatable bonds is 8. The van der Waals surface area contributed by atoms with Crippen LogP contribution in [0.3, 0.4) is 0 Å². The minimum Gasteiger partial charge on any atom is -0.294 e. The molecule has 0 spiro atoms. The minimum atomic E-state index is -3.48. The molecule has 9 nitrogen and oxygen atoms in total. The van der Waals surface area contributed by atoms with E-state index < -0.39 is 16.0 Å². The number of hydrogen-bond acceptors (Lipinski definition) is 6. The van der Waals surface area contributed by atoms with E-state index in [9.17, 15) is 13.2 Å². The second-order valence-corrected chi connectivity index (χ2v) is 10.1. The number of benzene rings is 1. The number of pyridine rings is 1. The Kier molecular flexibility index (Phi) is 7.44. The van der Waals surface area contributed by atoms with Crippen LogP contribution in [0.25, 0.3) is 0 Å². The first-order valence-electron chi connectivity index (χ1n) is 10.3. The first-order chi connectivity index (χ1) is 15.1. The summed E-state index contributed by atoms with van der Waals surface area (Å²) in [6.07, 6.45) is 2.09. The molecule has 1 aromatic heterocycles. The number of carbonyl (C=O) groups is 1. The second kappa shape index (κ2) is 9.90. The van der Waals surface area contributed by atoms with Crippen molar-refractivity contribution < 1.29 is 17.6 Å². The molecule has 1 atom stereocenters. The molecule has 1 amide bonds. The summed E-state index contributed by atoms with van der Waals surface area (Å²) in [6, 6.07) is 8.36. The highest BCUT2D eigenvalue weighted by Crippen LogP contribution is 2.24. The third-order valence-corrected chi connectivity index (χ3v) is 7.40. The largest absolute Gasteiger partial charge is 0.294 e. The number of nitrogens with one attached hydrogen (secondary N) is 1. The van der Waals surface area contributed by atoms with Gasteiger partial charge in [-0.1, -0.05) is 12.1 Å². The fourth-order valence-electron chi connectivity index (χ4n) is 3.53. The fraction of sp³-hybridized carbons (Fsp3) is 0.429. The molecule has 2 aromatic rings. The van der Waals surface area contributed by atoms with Gasteiger partial charge in [-0.25, -0.2) is 9.40 Å². The van der Waals surface area contributed by atoms with E-state index >= 15 is 4.39 Å². The molecule has 1 aliphatic rings. The normalized spacial score (nSPS) is 18.0. The molecule has 3 rings (SSSR count). The smallest absolute Gasteiger partial charge is 0.281 e. The van der Waals surface area contributed by atoms with Crippen molar-refractivity contribution in [3.05, 3.63) is 53.6 Å². The minimum absolute atomic E-state index is 0.0837. The van der Waals surface area contributed by atoms with E-state index in [1.165, 1.54) is 33.9 Å². The van der Waals surface area contributed by atoms with Gasteiger partial charge in [0.15, 0.2) is 5.82 Å². The number of piperazine rings is 1. The Morgan fingerprint density at radius 2 is 2.00 bits per heavy atom. The standard InChI is InChI=1S/C21H29FN6O3S/c1-16-8-9-19(12-23-16)28(15-29)24-20-7-5-6-18(21(20)22)14-26-10-11-27(13-17(26)2)32(30,31)25(3)4/h5-9,12,15,17,24H,10-11,13-14H2,1-4H3/t17-/m1/s1. The van der Waals surface area contributed by atoms with Crippen molar-refractivity contribution in [3.8, 4) is 0 Å². The molecule has 174 valence electrons. The van der Waals surface area contributed by atoms with Crippen molar-refractivity contribution in [1.82, 2.24) is 18.5 Å². The first-order valence-corrected chi connectivity index (χ1v) is 11.7. The molecular weight excluding hydrogens is 435 g/mol. The zero-order valence-electron chi connectivity index (χ0n) is 18.7. The van der Waals surface area contributed by atoms with Gasteiger partial charge in [0, 0.05) is 57.6 Å². The fourth-order valence-corrected chi connectivity index (χ4v) is 4.71. The summed E-state index contributed by atoms with van der Waals surface area (Å²) in [5, 5.41) is 1.17. The van der Waals surface area contributed by atoms with E-state index in [4.69, 9.17) is 0 Å². The number of halogens is 1. The highest BCUT2D eigenvalue weighted by atomic mass is 32.2. The van der Waals surface area contributed by atoms with Crippen molar-refractivity contribution >= 4 is 28.0 Å². The SMILES string of the molecule is Cc1ccc(N(C=O)Nc2cccc(CN3CCN(S(=O)(=O)N(C)C)C[C@H]3C)c2F)cn1. The molecule has 0 aliphatic carbocycles. The number of carbonyl (C=O) groups excluding carboxylic acids is 1. The number of hydrogen-bond donors (Lipinski definition) is 1. The van der Waals surface area contributed by atoms with Crippen LogP contribution in [0.5, 0.6) is 0 Å². The maximum absolute atomic E-state index is 15.2. The van der Waals surface area contributed by atoms with Crippen molar-refractivity contribution in [2.24, 2.45) is 0 Å². The molecule has 1 fully saturated rings. The topological polar surface area (TPSA) is 89.1 Å². The first kappa shape index (κ1) is 24.1. The summed E-state index contributed by atoms with van der Waals surface area (Å²) < 4.78 is 42.7. The zero-order valence-corrected chi connectivity index (χ0v) is 19.5. The van der Waals surface area contributed by atoms with Crippen LogP contribution in [0.15, 0.2) is 36.5 Å². The Morgan fingerprint density at radius 1 is 1.25 bits per heavy atom. The Bertz CT molecular complexity index is 1050. The van der Waals surface area contributed by atoms with Gasteiger partial charge in [0.1, 0.15) is 0 Å². The molecule has 1 N–H and O–H groups in total. The summed E-state index contributed by atoms with van der Waals surface area (Å²) in [6.45, 7) is 5.24. The van der Waals surface area contributed by atoms with Crippen LogP contribution in [0.1, 0.15) is 18.2 Å². The second-order valence-electron chi connectivity index (χ2n) is 7.99. The zero-order chi connectivity index (χ0) is 23.5. The molecule has 1 aliphatic heterocycles. The lowest BCUT2D eigenvalue weighted by Crippen LogP contribution is -2.55. The van der Waals surface area contributed by atoms with E-state index in [1.54, 1.807) is 30.3 Å². The lowest BCUT2D eigenvalue weighted by molar-refractivity contribution is -0.107. The summed E-state index contributed by atoms with van der Waals surface area (Å²) in [5.41, 5.74) is 4.71. The molecular formula is C21H29FN6O3S. The average Bonchev–Trinajstić information content (AvgIpc) is 2.76. The van der Waals surface area contributed by atoms with Gasteiger partial charge in [0.2, 0.25) is 6.41 Å². The van der Waals surface area contributed by atoms with Gasteiger partial charge in [0.25, 0.3) is 10.2 Å². The highest BCUT2D eigenvalue weighted by molar-refractivity contribution is 7.86. The molecule has 32 heavy (non-hydrogen) atoms. The Morgan fingerprint density at radius 3 is 2.59 bits per heavy atom. The maximum Gasteiger partial charge on any atom is 0.281 e. The van der Waals surface area contributed by atoms with Crippen molar-refractivity contribution in [3.63, 3.8) is 0 Å². The molecule has 2 heterocycles. The Hall–Kier alpha value is -2.60.